The standard InChI is InChI=1S/C13H15BrF3NO/c1-9(2)5-6-18-8-10-3-4-12(11(14)7-10)19-13(15,16)17/h3-5,7,18H,6,8H2,1-2H3. The molecule has 2 nitrogen and oxygen atoms in total. The molecule has 0 aliphatic rings. The normalized spacial score (nSPS) is 11.3. The second-order valence-corrected chi connectivity index (χ2v) is 5.08. The molecule has 0 atom stereocenters. The molecule has 19 heavy (non-hydrogen) atoms. The molecule has 0 fully saturated rings. The van der Waals surface area contributed by atoms with Crippen LogP contribution in [0.4, 0.5) is 13.2 Å². The van der Waals surface area contributed by atoms with Gasteiger partial charge in [0, 0.05) is 13.1 Å². The molecule has 106 valence electrons. The number of ether oxygens (including phenoxy) is 1. The van der Waals surface area contributed by atoms with Crippen molar-refractivity contribution in [3.05, 3.63) is 39.9 Å². The molecular formula is C13H15BrF3NO. The van der Waals surface area contributed by atoms with E-state index in [1.165, 1.54) is 11.6 Å². The maximum Gasteiger partial charge on any atom is 0.573 e. The molecule has 0 amide bonds. The van der Waals surface area contributed by atoms with Gasteiger partial charge in [0.05, 0.1) is 4.47 Å². The molecule has 0 radical (unpaired) electrons. The average Bonchev–Trinajstić information content (AvgIpc) is 2.26. The number of hydrogen-bond donors (Lipinski definition) is 1. The van der Waals surface area contributed by atoms with Crippen molar-refractivity contribution in [1.29, 1.82) is 0 Å². The Kier molecular flexibility index (Phi) is 5.87. The summed E-state index contributed by atoms with van der Waals surface area (Å²) >= 11 is 3.07. The van der Waals surface area contributed by atoms with E-state index in [0.717, 1.165) is 12.1 Å². The maximum atomic E-state index is 12.1. The average molecular weight is 338 g/mol. The molecule has 0 aromatic heterocycles. The highest BCUT2D eigenvalue weighted by Gasteiger charge is 2.31. The molecule has 0 unspecified atom stereocenters. The Labute approximate surface area is 118 Å². The molecule has 1 N–H and O–H groups in total. The third kappa shape index (κ3) is 6.63. The fraction of sp³-hybridized carbons (Fsp3) is 0.385. The van der Waals surface area contributed by atoms with E-state index in [1.54, 1.807) is 12.1 Å². The van der Waals surface area contributed by atoms with Crippen LogP contribution in [0.3, 0.4) is 0 Å². The van der Waals surface area contributed by atoms with Gasteiger partial charge in [0.25, 0.3) is 0 Å². The van der Waals surface area contributed by atoms with Crippen LogP contribution >= 0.6 is 15.9 Å². The molecule has 0 saturated heterocycles. The monoisotopic (exact) mass is 337 g/mol. The van der Waals surface area contributed by atoms with Gasteiger partial charge in [-0.25, -0.2) is 0 Å². The van der Waals surface area contributed by atoms with Crippen LogP contribution in [0.2, 0.25) is 0 Å². The van der Waals surface area contributed by atoms with Crippen molar-refractivity contribution in [3.8, 4) is 5.75 Å². The van der Waals surface area contributed by atoms with Gasteiger partial charge in [-0.3, -0.25) is 0 Å². The number of nitrogens with one attached hydrogen (secondary N) is 1. The highest BCUT2D eigenvalue weighted by Crippen LogP contribution is 2.30. The minimum Gasteiger partial charge on any atom is -0.405 e. The number of hydrogen-bond acceptors (Lipinski definition) is 2. The zero-order valence-electron chi connectivity index (χ0n) is 10.6. The molecule has 6 heteroatoms. The predicted octanol–water partition coefficient (Wildman–Crippen LogP) is 4.40. The van der Waals surface area contributed by atoms with E-state index in [-0.39, 0.29) is 10.2 Å². The first kappa shape index (κ1) is 16.0. The summed E-state index contributed by atoms with van der Waals surface area (Å²) in [6, 6.07) is 4.51. The summed E-state index contributed by atoms with van der Waals surface area (Å²) in [6.07, 6.45) is -2.64. The molecule has 0 heterocycles. The Bertz CT molecular complexity index is 454. The summed E-state index contributed by atoms with van der Waals surface area (Å²) in [5.41, 5.74) is 2.09. The molecule has 0 spiro atoms. The van der Waals surface area contributed by atoms with Crippen LogP contribution in [0.5, 0.6) is 5.75 Å². The third-order valence-electron chi connectivity index (χ3n) is 2.21. The van der Waals surface area contributed by atoms with Gasteiger partial charge in [-0.05, 0) is 47.5 Å². The highest BCUT2D eigenvalue weighted by atomic mass is 79.9. The number of allylic oxidation sites excluding steroid dienone is 1. The van der Waals surface area contributed by atoms with Crippen LogP contribution in [0.1, 0.15) is 19.4 Å². The van der Waals surface area contributed by atoms with Crippen LogP contribution in [0.15, 0.2) is 34.3 Å². The van der Waals surface area contributed by atoms with Crippen molar-refractivity contribution in [2.45, 2.75) is 26.8 Å². The lowest BCUT2D eigenvalue weighted by molar-refractivity contribution is -0.274. The van der Waals surface area contributed by atoms with Crippen molar-refractivity contribution >= 4 is 15.9 Å². The van der Waals surface area contributed by atoms with Gasteiger partial charge in [0.2, 0.25) is 0 Å². The van der Waals surface area contributed by atoms with Crippen LogP contribution in [-0.4, -0.2) is 12.9 Å². The topological polar surface area (TPSA) is 21.3 Å². The van der Waals surface area contributed by atoms with E-state index in [1.807, 2.05) is 19.9 Å². The minimum absolute atomic E-state index is 0.236. The van der Waals surface area contributed by atoms with Crippen molar-refractivity contribution < 1.29 is 17.9 Å². The van der Waals surface area contributed by atoms with Crippen molar-refractivity contribution in [1.82, 2.24) is 5.32 Å². The summed E-state index contributed by atoms with van der Waals surface area (Å²) < 4.78 is 40.4. The zero-order valence-corrected chi connectivity index (χ0v) is 12.2. The van der Waals surface area contributed by atoms with E-state index in [0.29, 0.717) is 6.54 Å². The molecule has 0 saturated carbocycles. The Hall–Kier alpha value is -1.01. The highest BCUT2D eigenvalue weighted by molar-refractivity contribution is 9.10. The largest absolute Gasteiger partial charge is 0.573 e. The first-order valence-corrected chi connectivity index (χ1v) is 6.45. The summed E-state index contributed by atoms with van der Waals surface area (Å²) in [4.78, 5) is 0. The third-order valence-corrected chi connectivity index (χ3v) is 2.83. The Morgan fingerprint density at radius 2 is 2.05 bits per heavy atom. The van der Waals surface area contributed by atoms with E-state index in [4.69, 9.17) is 0 Å². The first-order chi connectivity index (χ1) is 8.78. The summed E-state index contributed by atoms with van der Waals surface area (Å²) in [6.45, 7) is 5.30. The Morgan fingerprint density at radius 1 is 1.37 bits per heavy atom. The second kappa shape index (κ2) is 6.96. The molecule has 0 bridgehead atoms. The Morgan fingerprint density at radius 3 is 2.58 bits per heavy atom. The van der Waals surface area contributed by atoms with Crippen LogP contribution in [0, 0.1) is 0 Å². The SMILES string of the molecule is CC(C)=CCNCc1ccc(OC(F)(F)F)c(Br)c1. The van der Waals surface area contributed by atoms with Crippen molar-refractivity contribution in [3.63, 3.8) is 0 Å². The number of alkyl halides is 3. The quantitative estimate of drug-likeness (QED) is 0.635. The van der Waals surface area contributed by atoms with Gasteiger partial charge in [-0.15, -0.1) is 13.2 Å². The smallest absolute Gasteiger partial charge is 0.405 e. The maximum absolute atomic E-state index is 12.1. The fourth-order valence-corrected chi connectivity index (χ4v) is 1.86. The lowest BCUT2D eigenvalue weighted by atomic mass is 10.2. The molecule has 0 aliphatic carbocycles. The minimum atomic E-state index is -4.67. The van der Waals surface area contributed by atoms with Gasteiger partial charge in [-0.1, -0.05) is 17.7 Å². The molecular weight excluding hydrogens is 323 g/mol. The first-order valence-electron chi connectivity index (χ1n) is 5.66. The summed E-state index contributed by atoms with van der Waals surface area (Å²) in [5.74, 6) is -0.236. The number of halogens is 4. The molecule has 1 aromatic carbocycles. The van der Waals surface area contributed by atoms with Crippen LogP contribution < -0.4 is 10.1 Å². The van der Waals surface area contributed by atoms with Crippen molar-refractivity contribution in [2.75, 3.05) is 6.54 Å². The molecule has 1 aromatic rings. The van der Waals surface area contributed by atoms with Gasteiger partial charge in [-0.2, -0.15) is 0 Å². The van der Waals surface area contributed by atoms with E-state index >= 15 is 0 Å². The summed E-state index contributed by atoms with van der Waals surface area (Å²) in [5, 5.41) is 3.17. The van der Waals surface area contributed by atoms with Gasteiger partial charge < -0.3 is 10.1 Å². The van der Waals surface area contributed by atoms with Gasteiger partial charge in [0.15, 0.2) is 0 Å². The van der Waals surface area contributed by atoms with Crippen molar-refractivity contribution in [2.24, 2.45) is 0 Å². The van der Waals surface area contributed by atoms with Gasteiger partial charge in [0.1, 0.15) is 5.75 Å². The molecule has 0 aliphatic heterocycles. The van der Waals surface area contributed by atoms with Gasteiger partial charge >= 0.3 is 6.36 Å². The number of benzene rings is 1. The lowest BCUT2D eigenvalue weighted by Gasteiger charge is -2.11. The zero-order chi connectivity index (χ0) is 14.5. The predicted molar refractivity (Wildman–Crippen MR) is 72.0 cm³/mol. The van der Waals surface area contributed by atoms with Crippen LogP contribution in [-0.2, 0) is 6.54 Å². The summed E-state index contributed by atoms with van der Waals surface area (Å²) in [7, 11) is 0. The van der Waals surface area contributed by atoms with Crippen LogP contribution in [0.25, 0.3) is 0 Å². The van der Waals surface area contributed by atoms with E-state index < -0.39 is 6.36 Å². The fourth-order valence-electron chi connectivity index (χ4n) is 1.35. The van der Waals surface area contributed by atoms with E-state index in [2.05, 4.69) is 26.0 Å². The second-order valence-electron chi connectivity index (χ2n) is 4.22. The Balaban J connectivity index is 2.59. The number of rotatable bonds is 5. The lowest BCUT2D eigenvalue weighted by Crippen LogP contribution is -2.17. The van der Waals surface area contributed by atoms with E-state index in [9.17, 15) is 13.2 Å². The molecule has 1 rings (SSSR count).